The van der Waals surface area contributed by atoms with E-state index in [1.165, 1.54) is 11.1 Å². The molecule has 1 aromatic rings. The Labute approximate surface area is 123 Å². The second kappa shape index (κ2) is 6.70. The molecule has 1 saturated heterocycles. The van der Waals surface area contributed by atoms with Gasteiger partial charge in [-0.25, -0.2) is 0 Å². The number of nitrogens with zero attached hydrogens (tertiary/aromatic N) is 1. The lowest BCUT2D eigenvalue weighted by molar-refractivity contribution is -0.0671. The van der Waals surface area contributed by atoms with E-state index in [1.54, 1.807) is 0 Å². The third-order valence-electron chi connectivity index (χ3n) is 4.68. The summed E-state index contributed by atoms with van der Waals surface area (Å²) in [4.78, 5) is 2.44. The van der Waals surface area contributed by atoms with Gasteiger partial charge in [0, 0.05) is 25.2 Å². The van der Waals surface area contributed by atoms with Crippen LogP contribution in [0.15, 0.2) is 24.3 Å². The van der Waals surface area contributed by atoms with Crippen molar-refractivity contribution in [3.63, 3.8) is 0 Å². The fourth-order valence-electron chi connectivity index (χ4n) is 3.20. The zero-order valence-corrected chi connectivity index (χ0v) is 13.1. The summed E-state index contributed by atoms with van der Waals surface area (Å²) in [6.45, 7) is 6.82. The second-order valence-corrected chi connectivity index (χ2v) is 6.13. The van der Waals surface area contributed by atoms with E-state index in [9.17, 15) is 0 Å². The average molecular weight is 276 g/mol. The third-order valence-corrected chi connectivity index (χ3v) is 4.68. The van der Waals surface area contributed by atoms with Crippen LogP contribution in [0.3, 0.4) is 0 Å². The maximum Gasteiger partial charge on any atom is 0.0590 e. The van der Waals surface area contributed by atoms with Gasteiger partial charge in [0.05, 0.1) is 6.10 Å². The average Bonchev–Trinajstić information content (AvgIpc) is 2.47. The molecule has 2 N–H and O–H groups in total. The van der Waals surface area contributed by atoms with Crippen LogP contribution in [0, 0.1) is 6.92 Å². The van der Waals surface area contributed by atoms with E-state index in [-0.39, 0.29) is 5.54 Å². The van der Waals surface area contributed by atoms with Gasteiger partial charge in [0.15, 0.2) is 0 Å². The van der Waals surface area contributed by atoms with Gasteiger partial charge < -0.3 is 10.5 Å². The first kappa shape index (κ1) is 15.5. The molecule has 3 heteroatoms. The molecule has 2 atom stereocenters. The Hall–Kier alpha value is -0.900. The minimum atomic E-state index is 0.0860. The minimum absolute atomic E-state index is 0.0860. The fraction of sp³-hybridized carbons (Fsp3) is 0.647. The molecule has 0 aromatic heterocycles. The highest BCUT2D eigenvalue weighted by Gasteiger charge is 2.38. The minimum Gasteiger partial charge on any atom is -0.378 e. The summed E-state index contributed by atoms with van der Waals surface area (Å²) in [5.74, 6) is 0. The lowest BCUT2D eigenvalue weighted by atomic mass is 9.84. The zero-order chi connectivity index (χ0) is 14.6. The normalized spacial score (nSPS) is 26.9. The molecule has 3 nitrogen and oxygen atoms in total. The number of likely N-dealkylation sites (N-methyl/N-ethyl adjacent to an activating group) is 1. The number of aryl methyl sites for hydroxylation is 1. The van der Waals surface area contributed by atoms with E-state index in [2.05, 4.69) is 50.1 Å². The maximum atomic E-state index is 6.14. The van der Waals surface area contributed by atoms with Crippen molar-refractivity contribution in [1.82, 2.24) is 4.90 Å². The van der Waals surface area contributed by atoms with Crippen molar-refractivity contribution in [2.45, 2.75) is 51.3 Å². The molecule has 0 spiro atoms. The summed E-state index contributed by atoms with van der Waals surface area (Å²) in [5, 5.41) is 0. The lowest BCUT2D eigenvalue weighted by Gasteiger charge is -2.46. The highest BCUT2D eigenvalue weighted by molar-refractivity contribution is 5.22. The SMILES string of the molecule is CCC1CC(CN)(N(C)Cc2cccc(C)c2)CCO1. The number of hydrogen-bond donors (Lipinski definition) is 1. The van der Waals surface area contributed by atoms with E-state index < -0.39 is 0 Å². The molecule has 0 radical (unpaired) electrons. The number of benzene rings is 1. The standard InChI is InChI=1S/C17H28N2O/c1-4-16-11-17(13-18,8-9-20-16)19(3)12-15-7-5-6-14(2)10-15/h5-7,10,16H,4,8-9,11-13,18H2,1-3H3. The molecule has 1 heterocycles. The molecule has 20 heavy (non-hydrogen) atoms. The van der Waals surface area contributed by atoms with E-state index in [0.717, 1.165) is 32.4 Å². The molecule has 1 aliphatic rings. The third kappa shape index (κ3) is 3.40. The van der Waals surface area contributed by atoms with Gasteiger partial charge >= 0.3 is 0 Å². The molecule has 112 valence electrons. The van der Waals surface area contributed by atoms with Crippen molar-refractivity contribution >= 4 is 0 Å². The summed E-state index contributed by atoms with van der Waals surface area (Å²) in [6, 6.07) is 8.73. The van der Waals surface area contributed by atoms with Crippen molar-refractivity contribution in [2.24, 2.45) is 5.73 Å². The van der Waals surface area contributed by atoms with Crippen molar-refractivity contribution in [1.29, 1.82) is 0 Å². The molecule has 1 fully saturated rings. The van der Waals surface area contributed by atoms with Crippen LogP contribution < -0.4 is 5.73 Å². The summed E-state index contributed by atoms with van der Waals surface area (Å²) in [7, 11) is 2.20. The van der Waals surface area contributed by atoms with Crippen molar-refractivity contribution in [3.05, 3.63) is 35.4 Å². The highest BCUT2D eigenvalue weighted by atomic mass is 16.5. The largest absolute Gasteiger partial charge is 0.378 e. The van der Waals surface area contributed by atoms with Gasteiger partial charge in [0.2, 0.25) is 0 Å². The Morgan fingerprint density at radius 1 is 1.45 bits per heavy atom. The summed E-state index contributed by atoms with van der Waals surface area (Å²) in [6.07, 6.45) is 3.50. The van der Waals surface area contributed by atoms with Crippen LogP contribution in [0.5, 0.6) is 0 Å². The van der Waals surface area contributed by atoms with Crippen LogP contribution in [0.25, 0.3) is 0 Å². The number of ether oxygens (including phenoxy) is 1. The molecule has 0 aliphatic carbocycles. The van der Waals surface area contributed by atoms with Crippen LogP contribution in [-0.4, -0.2) is 36.7 Å². The van der Waals surface area contributed by atoms with Gasteiger partial charge in [-0.2, -0.15) is 0 Å². The topological polar surface area (TPSA) is 38.5 Å². The van der Waals surface area contributed by atoms with E-state index in [1.807, 2.05) is 0 Å². The van der Waals surface area contributed by atoms with Crippen molar-refractivity contribution < 1.29 is 4.74 Å². The molecule has 0 bridgehead atoms. The number of hydrogen-bond acceptors (Lipinski definition) is 3. The summed E-state index contributed by atoms with van der Waals surface area (Å²) in [5.41, 5.74) is 8.91. The summed E-state index contributed by atoms with van der Waals surface area (Å²) >= 11 is 0. The van der Waals surface area contributed by atoms with Crippen LogP contribution in [0.1, 0.15) is 37.3 Å². The first-order valence-corrected chi connectivity index (χ1v) is 7.68. The van der Waals surface area contributed by atoms with Gasteiger partial charge in [-0.15, -0.1) is 0 Å². The Kier molecular flexibility index (Phi) is 5.19. The Balaban J connectivity index is 2.10. The Morgan fingerprint density at radius 3 is 2.90 bits per heavy atom. The molecule has 0 saturated carbocycles. The fourth-order valence-corrected chi connectivity index (χ4v) is 3.20. The Bertz CT molecular complexity index is 435. The smallest absolute Gasteiger partial charge is 0.0590 e. The molecule has 2 rings (SSSR count). The van der Waals surface area contributed by atoms with E-state index >= 15 is 0 Å². The summed E-state index contributed by atoms with van der Waals surface area (Å²) < 4.78 is 5.82. The first-order valence-electron chi connectivity index (χ1n) is 7.68. The Morgan fingerprint density at radius 2 is 2.25 bits per heavy atom. The number of rotatable bonds is 5. The highest BCUT2D eigenvalue weighted by Crippen LogP contribution is 2.31. The quantitative estimate of drug-likeness (QED) is 0.898. The molecule has 1 aromatic carbocycles. The van der Waals surface area contributed by atoms with Crippen LogP contribution >= 0.6 is 0 Å². The van der Waals surface area contributed by atoms with Crippen LogP contribution in [0.4, 0.5) is 0 Å². The van der Waals surface area contributed by atoms with Gasteiger partial charge in [-0.1, -0.05) is 36.8 Å². The van der Waals surface area contributed by atoms with E-state index in [0.29, 0.717) is 12.6 Å². The first-order chi connectivity index (χ1) is 9.59. The maximum absolute atomic E-state index is 6.14. The molecule has 2 unspecified atom stereocenters. The van der Waals surface area contributed by atoms with Gasteiger partial charge in [0.25, 0.3) is 0 Å². The van der Waals surface area contributed by atoms with Crippen LogP contribution in [0.2, 0.25) is 0 Å². The van der Waals surface area contributed by atoms with E-state index in [4.69, 9.17) is 10.5 Å². The molecule has 0 amide bonds. The van der Waals surface area contributed by atoms with Crippen molar-refractivity contribution in [2.75, 3.05) is 20.2 Å². The second-order valence-electron chi connectivity index (χ2n) is 6.13. The van der Waals surface area contributed by atoms with Crippen LogP contribution in [-0.2, 0) is 11.3 Å². The van der Waals surface area contributed by atoms with Crippen molar-refractivity contribution in [3.8, 4) is 0 Å². The lowest BCUT2D eigenvalue weighted by Crippen LogP contribution is -2.56. The van der Waals surface area contributed by atoms with Gasteiger partial charge in [0.1, 0.15) is 0 Å². The zero-order valence-electron chi connectivity index (χ0n) is 13.1. The molecular formula is C17H28N2O. The van der Waals surface area contributed by atoms with Gasteiger partial charge in [-0.05, 0) is 38.8 Å². The number of nitrogens with two attached hydrogens (primary N) is 1. The molecule has 1 aliphatic heterocycles. The predicted octanol–water partition coefficient (Wildman–Crippen LogP) is 2.71. The van der Waals surface area contributed by atoms with Gasteiger partial charge in [-0.3, -0.25) is 4.90 Å². The monoisotopic (exact) mass is 276 g/mol. The predicted molar refractivity (Wildman–Crippen MR) is 83.7 cm³/mol. The molecular weight excluding hydrogens is 248 g/mol.